The molecule has 0 saturated heterocycles. The van der Waals surface area contributed by atoms with E-state index in [9.17, 15) is 0 Å². The molecule has 1 unspecified atom stereocenters. The van der Waals surface area contributed by atoms with Gasteiger partial charge in [0.25, 0.3) is 0 Å². The summed E-state index contributed by atoms with van der Waals surface area (Å²) in [4.78, 5) is 2.34. The molecule has 0 saturated carbocycles. The fourth-order valence-corrected chi connectivity index (χ4v) is 1.98. The van der Waals surface area contributed by atoms with Crippen molar-refractivity contribution in [2.75, 3.05) is 25.0 Å². The molecule has 0 aliphatic heterocycles. The van der Waals surface area contributed by atoms with Gasteiger partial charge in [-0.25, -0.2) is 0 Å². The molecule has 0 aliphatic rings. The second-order valence-corrected chi connectivity index (χ2v) is 6.46. The average molecular weight is 248 g/mol. The zero-order valence-corrected chi connectivity index (χ0v) is 12.7. The number of benzene rings is 1. The van der Waals surface area contributed by atoms with Gasteiger partial charge in [0.2, 0.25) is 0 Å². The third-order valence-corrected chi connectivity index (χ3v) is 3.01. The van der Waals surface area contributed by atoms with E-state index in [0.29, 0.717) is 5.92 Å². The van der Waals surface area contributed by atoms with Crippen LogP contribution in [0.3, 0.4) is 0 Å². The Bertz CT molecular complexity index is 366. The smallest absolute Gasteiger partial charge is 0.0366 e. The van der Waals surface area contributed by atoms with Gasteiger partial charge in [-0.15, -0.1) is 0 Å². The molecule has 2 nitrogen and oxygen atoms in total. The first-order chi connectivity index (χ1) is 8.28. The monoisotopic (exact) mass is 248 g/mol. The molecule has 0 radical (unpaired) electrons. The predicted molar refractivity (Wildman–Crippen MR) is 81.4 cm³/mol. The van der Waals surface area contributed by atoms with E-state index in [4.69, 9.17) is 0 Å². The van der Waals surface area contributed by atoms with Gasteiger partial charge in [-0.3, -0.25) is 0 Å². The number of hydrogen-bond donors (Lipinski definition) is 1. The average Bonchev–Trinajstić information content (AvgIpc) is 2.25. The quantitative estimate of drug-likeness (QED) is 0.858. The Morgan fingerprint density at radius 2 is 1.94 bits per heavy atom. The van der Waals surface area contributed by atoms with E-state index >= 15 is 0 Å². The highest BCUT2D eigenvalue weighted by molar-refractivity contribution is 5.47. The van der Waals surface area contributed by atoms with Crippen LogP contribution in [0.2, 0.25) is 0 Å². The van der Waals surface area contributed by atoms with Gasteiger partial charge in [0.15, 0.2) is 0 Å². The van der Waals surface area contributed by atoms with Gasteiger partial charge in [-0.2, -0.15) is 0 Å². The van der Waals surface area contributed by atoms with Gasteiger partial charge in [-0.05, 0) is 57.9 Å². The van der Waals surface area contributed by atoms with E-state index in [0.717, 1.165) is 13.1 Å². The summed E-state index contributed by atoms with van der Waals surface area (Å²) in [5.74, 6) is 0.634. The molecule has 1 aromatic carbocycles. The highest BCUT2D eigenvalue weighted by Gasteiger charge is 2.12. The summed E-state index contributed by atoms with van der Waals surface area (Å²) in [5, 5.41) is 3.56. The molecule has 0 spiro atoms. The summed E-state index contributed by atoms with van der Waals surface area (Å²) < 4.78 is 0. The topological polar surface area (TPSA) is 15.3 Å². The van der Waals surface area contributed by atoms with Crippen molar-refractivity contribution in [2.24, 2.45) is 5.92 Å². The molecular formula is C16H28N2. The van der Waals surface area contributed by atoms with Crippen LogP contribution in [0.15, 0.2) is 24.3 Å². The number of rotatable bonds is 5. The summed E-state index contributed by atoms with van der Waals surface area (Å²) in [6.45, 7) is 13.2. The first kappa shape index (κ1) is 15.0. The number of nitrogens with one attached hydrogen (secondary N) is 1. The molecule has 0 bridgehead atoms. The maximum absolute atomic E-state index is 3.56. The van der Waals surface area contributed by atoms with Crippen LogP contribution in [0.25, 0.3) is 0 Å². The molecule has 0 aromatic heterocycles. The van der Waals surface area contributed by atoms with Crippen molar-refractivity contribution in [2.45, 2.75) is 40.2 Å². The molecule has 18 heavy (non-hydrogen) atoms. The fraction of sp³-hybridized carbons (Fsp3) is 0.625. The van der Waals surface area contributed by atoms with Crippen molar-refractivity contribution in [1.82, 2.24) is 5.32 Å². The molecule has 1 rings (SSSR count). The summed E-state index contributed by atoms with van der Waals surface area (Å²) >= 11 is 0. The Labute approximate surface area is 112 Å². The summed E-state index contributed by atoms with van der Waals surface area (Å²) in [6.07, 6.45) is 0. The maximum atomic E-state index is 3.56. The van der Waals surface area contributed by atoms with Crippen LogP contribution < -0.4 is 10.2 Å². The minimum atomic E-state index is 0.205. The van der Waals surface area contributed by atoms with Gasteiger partial charge in [0, 0.05) is 24.8 Å². The lowest BCUT2D eigenvalue weighted by molar-refractivity contribution is 0.384. The van der Waals surface area contributed by atoms with Gasteiger partial charge < -0.3 is 10.2 Å². The normalized spacial score (nSPS) is 13.4. The number of anilines is 1. The fourth-order valence-electron chi connectivity index (χ4n) is 1.98. The Morgan fingerprint density at radius 3 is 2.50 bits per heavy atom. The van der Waals surface area contributed by atoms with Crippen molar-refractivity contribution >= 4 is 5.69 Å². The second kappa shape index (κ2) is 6.24. The number of nitrogens with zero attached hydrogens (tertiary/aromatic N) is 1. The lowest BCUT2D eigenvalue weighted by atomic mass is 10.1. The molecule has 0 heterocycles. The molecule has 0 aliphatic carbocycles. The van der Waals surface area contributed by atoms with Crippen molar-refractivity contribution in [3.8, 4) is 0 Å². The summed E-state index contributed by atoms with van der Waals surface area (Å²) in [7, 11) is 2.17. The minimum absolute atomic E-state index is 0.205. The standard InChI is InChI=1S/C16H28N2/c1-13-8-7-9-15(10-13)18(6)12-14(2)11-17-16(3,4)5/h7-10,14,17H,11-12H2,1-6H3. The van der Waals surface area contributed by atoms with Crippen molar-refractivity contribution in [3.63, 3.8) is 0 Å². The Morgan fingerprint density at radius 1 is 1.28 bits per heavy atom. The second-order valence-electron chi connectivity index (χ2n) is 6.46. The molecule has 1 aromatic rings. The zero-order chi connectivity index (χ0) is 13.8. The van der Waals surface area contributed by atoms with Crippen LogP contribution in [0.5, 0.6) is 0 Å². The lowest BCUT2D eigenvalue weighted by Crippen LogP contribution is -2.41. The van der Waals surface area contributed by atoms with Crippen LogP contribution in [-0.2, 0) is 0 Å². The van der Waals surface area contributed by atoms with Gasteiger partial charge >= 0.3 is 0 Å². The highest BCUT2D eigenvalue weighted by atomic mass is 15.1. The van der Waals surface area contributed by atoms with Crippen LogP contribution in [0.4, 0.5) is 5.69 Å². The largest absolute Gasteiger partial charge is 0.374 e. The maximum Gasteiger partial charge on any atom is 0.0366 e. The molecule has 1 atom stereocenters. The highest BCUT2D eigenvalue weighted by Crippen LogP contribution is 2.15. The van der Waals surface area contributed by atoms with Gasteiger partial charge in [0.1, 0.15) is 0 Å². The predicted octanol–water partition coefficient (Wildman–Crippen LogP) is 3.46. The van der Waals surface area contributed by atoms with Crippen molar-refractivity contribution in [3.05, 3.63) is 29.8 Å². The van der Waals surface area contributed by atoms with Gasteiger partial charge in [-0.1, -0.05) is 19.1 Å². The van der Waals surface area contributed by atoms with Crippen molar-refractivity contribution < 1.29 is 0 Å². The van der Waals surface area contributed by atoms with Gasteiger partial charge in [0.05, 0.1) is 0 Å². The number of hydrogen-bond acceptors (Lipinski definition) is 2. The van der Waals surface area contributed by atoms with Crippen LogP contribution in [0, 0.1) is 12.8 Å². The molecule has 0 amide bonds. The SMILES string of the molecule is Cc1cccc(N(C)CC(C)CNC(C)(C)C)c1. The van der Waals surface area contributed by atoms with E-state index in [1.807, 2.05) is 0 Å². The van der Waals surface area contributed by atoms with Crippen molar-refractivity contribution in [1.29, 1.82) is 0 Å². The van der Waals surface area contributed by atoms with E-state index < -0.39 is 0 Å². The van der Waals surface area contributed by atoms with E-state index in [2.05, 4.69) is 76.1 Å². The molecule has 1 N–H and O–H groups in total. The third-order valence-electron chi connectivity index (χ3n) is 3.01. The lowest BCUT2D eigenvalue weighted by Gasteiger charge is -2.27. The number of aryl methyl sites for hydroxylation is 1. The molecule has 0 fully saturated rings. The first-order valence-electron chi connectivity index (χ1n) is 6.81. The Kier molecular flexibility index (Phi) is 5.21. The first-order valence-corrected chi connectivity index (χ1v) is 6.81. The zero-order valence-electron chi connectivity index (χ0n) is 12.7. The van der Waals surface area contributed by atoms with Crippen LogP contribution in [0.1, 0.15) is 33.3 Å². The molecule has 2 heteroatoms. The van der Waals surface area contributed by atoms with E-state index in [1.165, 1.54) is 11.3 Å². The summed E-state index contributed by atoms with van der Waals surface area (Å²) in [6, 6.07) is 8.68. The van der Waals surface area contributed by atoms with Crippen LogP contribution >= 0.6 is 0 Å². The Balaban J connectivity index is 2.47. The van der Waals surface area contributed by atoms with Crippen LogP contribution in [-0.4, -0.2) is 25.7 Å². The van der Waals surface area contributed by atoms with E-state index in [-0.39, 0.29) is 5.54 Å². The molecule has 102 valence electrons. The molecular weight excluding hydrogens is 220 g/mol. The Hall–Kier alpha value is -1.02. The van der Waals surface area contributed by atoms with E-state index in [1.54, 1.807) is 0 Å². The summed E-state index contributed by atoms with van der Waals surface area (Å²) in [5.41, 5.74) is 2.83. The minimum Gasteiger partial charge on any atom is -0.374 e. The third kappa shape index (κ3) is 5.54.